The van der Waals surface area contributed by atoms with Crippen molar-refractivity contribution in [2.45, 2.75) is 44.4 Å². The second-order valence-corrected chi connectivity index (χ2v) is 9.90. The molecule has 8 heteroatoms. The molecule has 7 nitrogen and oxygen atoms in total. The number of anilines is 1. The van der Waals surface area contributed by atoms with E-state index in [4.69, 9.17) is 14.2 Å². The highest BCUT2D eigenvalue weighted by atomic mass is 79.9. The van der Waals surface area contributed by atoms with Gasteiger partial charge < -0.3 is 19.5 Å². The Morgan fingerprint density at radius 1 is 0.972 bits per heavy atom. The van der Waals surface area contributed by atoms with Crippen LogP contribution in [0.2, 0.25) is 0 Å². The van der Waals surface area contributed by atoms with E-state index in [1.54, 1.807) is 24.3 Å². The maximum Gasteiger partial charge on any atom is 0.262 e. The number of ketones is 2. The van der Waals surface area contributed by atoms with E-state index < -0.39 is 5.92 Å². The fourth-order valence-electron chi connectivity index (χ4n) is 5.08. The van der Waals surface area contributed by atoms with Gasteiger partial charge in [0.05, 0.1) is 18.7 Å². The van der Waals surface area contributed by atoms with Crippen LogP contribution >= 0.6 is 15.9 Å². The van der Waals surface area contributed by atoms with E-state index in [0.717, 1.165) is 17.3 Å². The summed E-state index contributed by atoms with van der Waals surface area (Å²) in [4.78, 5) is 39.0. The maximum atomic E-state index is 13.1. The minimum absolute atomic E-state index is 0.00832. The number of nitrogens with one attached hydrogen (secondary N) is 1. The Morgan fingerprint density at radius 2 is 1.64 bits per heavy atom. The van der Waals surface area contributed by atoms with Gasteiger partial charge in [-0.1, -0.05) is 28.1 Å². The fraction of sp³-hybridized carbons (Fsp3) is 0.321. The van der Waals surface area contributed by atoms with Gasteiger partial charge in [0.15, 0.2) is 18.2 Å². The number of rotatable bonds is 6. The summed E-state index contributed by atoms with van der Waals surface area (Å²) in [5.41, 5.74) is 2.29. The number of para-hydroxylation sites is 2. The highest BCUT2D eigenvalue weighted by Gasteiger charge is 2.42. The van der Waals surface area contributed by atoms with Crippen LogP contribution in [0.4, 0.5) is 5.69 Å². The van der Waals surface area contributed by atoms with Crippen LogP contribution in [0.3, 0.4) is 0 Å². The molecule has 186 valence electrons. The first-order valence-electron chi connectivity index (χ1n) is 12.0. The molecule has 3 aliphatic rings. The van der Waals surface area contributed by atoms with Crippen LogP contribution in [0.1, 0.15) is 50.0 Å². The number of ether oxygens (including phenoxy) is 3. The van der Waals surface area contributed by atoms with Gasteiger partial charge in [-0.3, -0.25) is 14.4 Å². The minimum Gasteiger partial charge on any atom is -0.495 e. The summed E-state index contributed by atoms with van der Waals surface area (Å²) in [5, 5.41) is 2.80. The zero-order valence-corrected chi connectivity index (χ0v) is 21.5. The van der Waals surface area contributed by atoms with Crippen molar-refractivity contribution in [2.24, 2.45) is 0 Å². The van der Waals surface area contributed by atoms with Gasteiger partial charge in [0.1, 0.15) is 23.0 Å². The van der Waals surface area contributed by atoms with Gasteiger partial charge >= 0.3 is 0 Å². The number of carbonyl (C=O) groups is 3. The molecule has 0 bridgehead atoms. The van der Waals surface area contributed by atoms with Crippen molar-refractivity contribution >= 4 is 39.1 Å². The van der Waals surface area contributed by atoms with Crippen molar-refractivity contribution in [3.63, 3.8) is 0 Å². The molecular weight excluding hydrogens is 526 g/mol. The summed E-state index contributed by atoms with van der Waals surface area (Å²) >= 11 is 3.53. The number of hydrogen-bond donors (Lipinski definition) is 1. The summed E-state index contributed by atoms with van der Waals surface area (Å²) in [5.74, 6) is 1.35. The summed E-state index contributed by atoms with van der Waals surface area (Å²) in [6, 6.07) is 12.6. The van der Waals surface area contributed by atoms with Crippen LogP contribution < -0.4 is 14.8 Å². The van der Waals surface area contributed by atoms with E-state index in [1.165, 1.54) is 7.11 Å². The SMILES string of the molecule is COc1ccccc1NC(=O)COc1ccc(Br)cc1C1C2=C(CCCC2=O)OC2=C1C(=O)CCC2. The summed E-state index contributed by atoms with van der Waals surface area (Å²) < 4.78 is 18.2. The van der Waals surface area contributed by atoms with Crippen LogP contribution in [0.15, 0.2) is 69.6 Å². The molecular formula is C28H26BrNO6. The number of benzene rings is 2. The Balaban J connectivity index is 1.48. The molecule has 0 radical (unpaired) electrons. The Morgan fingerprint density at radius 3 is 2.31 bits per heavy atom. The van der Waals surface area contributed by atoms with Gasteiger partial charge in [0.2, 0.25) is 0 Å². The third-order valence-corrected chi connectivity index (χ3v) is 7.16. The molecule has 1 heterocycles. The number of carbonyl (C=O) groups excluding carboxylic acids is 3. The lowest BCUT2D eigenvalue weighted by Crippen LogP contribution is -2.30. The van der Waals surface area contributed by atoms with Crippen molar-refractivity contribution in [1.29, 1.82) is 0 Å². The first kappa shape index (κ1) is 24.3. The molecule has 2 aliphatic carbocycles. The van der Waals surface area contributed by atoms with Gasteiger partial charge in [-0.15, -0.1) is 0 Å². The van der Waals surface area contributed by atoms with E-state index in [0.29, 0.717) is 71.1 Å². The second-order valence-electron chi connectivity index (χ2n) is 8.98. The van der Waals surface area contributed by atoms with E-state index in [-0.39, 0.29) is 24.1 Å². The Labute approximate surface area is 217 Å². The van der Waals surface area contributed by atoms with Crippen molar-refractivity contribution in [2.75, 3.05) is 19.0 Å². The lowest BCUT2D eigenvalue weighted by Gasteiger charge is -2.36. The molecule has 0 fully saturated rings. The van der Waals surface area contributed by atoms with Crippen LogP contribution in [-0.4, -0.2) is 31.2 Å². The van der Waals surface area contributed by atoms with E-state index >= 15 is 0 Å². The predicted octanol–water partition coefficient (Wildman–Crippen LogP) is 5.60. The molecule has 2 aromatic rings. The van der Waals surface area contributed by atoms with Gasteiger partial charge in [0, 0.05) is 46.9 Å². The molecule has 1 amide bonds. The third kappa shape index (κ3) is 4.69. The van der Waals surface area contributed by atoms with Crippen molar-refractivity contribution < 1.29 is 28.6 Å². The molecule has 0 aromatic heterocycles. The average molecular weight is 552 g/mol. The van der Waals surface area contributed by atoms with E-state index in [9.17, 15) is 14.4 Å². The molecule has 0 atom stereocenters. The zero-order valence-electron chi connectivity index (χ0n) is 19.9. The van der Waals surface area contributed by atoms with Gasteiger partial charge in [-0.2, -0.15) is 0 Å². The number of amides is 1. The Kier molecular flexibility index (Phi) is 6.96. The van der Waals surface area contributed by atoms with E-state index in [1.807, 2.05) is 18.2 Å². The monoisotopic (exact) mass is 551 g/mol. The number of allylic oxidation sites excluding steroid dienone is 4. The van der Waals surface area contributed by atoms with Crippen molar-refractivity contribution in [1.82, 2.24) is 0 Å². The summed E-state index contributed by atoms with van der Waals surface area (Å²) in [7, 11) is 1.54. The number of hydrogen-bond acceptors (Lipinski definition) is 6. The molecule has 0 spiro atoms. The van der Waals surface area contributed by atoms with Crippen molar-refractivity contribution in [3.05, 3.63) is 75.2 Å². The molecule has 0 saturated heterocycles. The van der Waals surface area contributed by atoms with Crippen molar-refractivity contribution in [3.8, 4) is 11.5 Å². The van der Waals surface area contributed by atoms with Crippen LogP contribution in [-0.2, 0) is 19.1 Å². The molecule has 1 aliphatic heterocycles. The van der Waals surface area contributed by atoms with Gasteiger partial charge in [-0.25, -0.2) is 0 Å². The number of methoxy groups -OCH3 is 1. The summed E-state index contributed by atoms with van der Waals surface area (Å²) in [6.07, 6.45) is 3.61. The fourth-order valence-corrected chi connectivity index (χ4v) is 5.46. The normalized spacial score (nSPS) is 17.8. The number of Topliss-reactive ketones (excluding diaryl/α,β-unsaturated/α-hetero) is 2. The molecule has 0 saturated carbocycles. The van der Waals surface area contributed by atoms with Crippen LogP contribution in [0.25, 0.3) is 0 Å². The maximum absolute atomic E-state index is 13.1. The summed E-state index contributed by atoms with van der Waals surface area (Å²) in [6.45, 7) is -0.254. The van der Waals surface area contributed by atoms with E-state index in [2.05, 4.69) is 21.2 Å². The first-order chi connectivity index (χ1) is 17.5. The lowest BCUT2D eigenvalue weighted by atomic mass is 9.73. The second kappa shape index (κ2) is 10.3. The standard InChI is InChI=1S/C28H26BrNO6/c1-34-22-9-3-2-6-18(22)30-25(33)15-35-21-13-12-16(29)14-17(21)26-27-19(31)7-4-10-23(27)36-24-11-5-8-20(32)28(24)26/h2-3,6,9,12-14,26H,4-5,7-8,10-11,15H2,1H3,(H,30,33). The van der Waals surface area contributed by atoms with Crippen LogP contribution in [0, 0.1) is 0 Å². The highest BCUT2D eigenvalue weighted by Crippen LogP contribution is 2.50. The smallest absolute Gasteiger partial charge is 0.262 e. The topological polar surface area (TPSA) is 90.9 Å². The molecule has 36 heavy (non-hydrogen) atoms. The van der Waals surface area contributed by atoms with Crippen LogP contribution in [0.5, 0.6) is 11.5 Å². The third-order valence-electron chi connectivity index (χ3n) is 6.66. The first-order valence-corrected chi connectivity index (χ1v) is 12.8. The highest BCUT2D eigenvalue weighted by molar-refractivity contribution is 9.10. The van der Waals surface area contributed by atoms with Gasteiger partial charge in [0.25, 0.3) is 5.91 Å². The Hall–Kier alpha value is -3.39. The predicted molar refractivity (Wildman–Crippen MR) is 137 cm³/mol. The van der Waals surface area contributed by atoms with Gasteiger partial charge in [-0.05, 0) is 43.2 Å². The zero-order chi connectivity index (χ0) is 25.2. The molecule has 0 unspecified atom stereocenters. The minimum atomic E-state index is -0.575. The largest absolute Gasteiger partial charge is 0.495 e. The molecule has 2 aromatic carbocycles. The molecule has 5 rings (SSSR count). The average Bonchev–Trinajstić information content (AvgIpc) is 2.87. The Bertz CT molecular complexity index is 1270. The lowest BCUT2D eigenvalue weighted by molar-refractivity contribution is -0.119. The molecule has 1 N–H and O–H groups in total. The number of halogens is 1. The quantitative estimate of drug-likeness (QED) is 0.502.